The highest BCUT2D eigenvalue weighted by Crippen LogP contribution is 2.38. The number of hydrogen-bond acceptors (Lipinski definition) is 6. The van der Waals surface area contributed by atoms with Gasteiger partial charge in [0, 0.05) is 53.1 Å². The van der Waals surface area contributed by atoms with Crippen molar-refractivity contribution in [2.75, 3.05) is 10.6 Å². The first-order chi connectivity index (χ1) is 17.9. The van der Waals surface area contributed by atoms with E-state index in [0.29, 0.717) is 5.11 Å². The summed E-state index contributed by atoms with van der Waals surface area (Å²) in [5, 5.41) is 10.8. The number of amides is 1. The zero-order valence-electron chi connectivity index (χ0n) is 20.9. The maximum atomic E-state index is 11.6. The van der Waals surface area contributed by atoms with Gasteiger partial charge in [-0.25, -0.2) is 4.98 Å². The minimum atomic E-state index is -0.0975. The van der Waals surface area contributed by atoms with Crippen LogP contribution in [0.3, 0.4) is 0 Å². The van der Waals surface area contributed by atoms with Crippen molar-refractivity contribution in [1.82, 2.24) is 15.0 Å². The summed E-state index contributed by atoms with van der Waals surface area (Å²) >= 11 is 8.51. The summed E-state index contributed by atoms with van der Waals surface area (Å²) in [4.78, 5) is 18.4. The van der Waals surface area contributed by atoms with Gasteiger partial charge in [0.1, 0.15) is 5.01 Å². The third-order valence-electron chi connectivity index (χ3n) is 5.18. The molecule has 0 aliphatic carbocycles. The Bertz CT molecular complexity index is 1350. The van der Waals surface area contributed by atoms with Crippen LogP contribution in [0.15, 0.2) is 83.9 Å². The molecule has 9 heteroatoms. The fourth-order valence-corrected chi connectivity index (χ4v) is 5.79. The SMILES string of the molecule is CC(=O)Nc1ccc(-c2cnc(-c3ccc(NC(=S)NC(C)C)cc3)s2)c(SNCc2ccccc2)c1. The number of thiazole rings is 1. The second-order valence-corrected chi connectivity index (χ2v) is 11.0. The Morgan fingerprint density at radius 2 is 1.73 bits per heavy atom. The molecule has 1 heterocycles. The minimum absolute atomic E-state index is 0.0975. The van der Waals surface area contributed by atoms with Crippen molar-refractivity contribution < 1.29 is 4.79 Å². The van der Waals surface area contributed by atoms with Crippen molar-refractivity contribution in [3.63, 3.8) is 0 Å². The second-order valence-electron chi connectivity index (χ2n) is 8.66. The van der Waals surface area contributed by atoms with Gasteiger partial charge < -0.3 is 16.0 Å². The molecule has 0 aliphatic heterocycles. The van der Waals surface area contributed by atoms with Crippen molar-refractivity contribution in [1.29, 1.82) is 0 Å². The highest BCUT2D eigenvalue weighted by atomic mass is 32.2. The normalized spacial score (nSPS) is 10.8. The molecule has 0 bridgehead atoms. The molecule has 37 heavy (non-hydrogen) atoms. The van der Waals surface area contributed by atoms with E-state index in [0.717, 1.165) is 43.8 Å². The monoisotopic (exact) mass is 547 g/mol. The van der Waals surface area contributed by atoms with Gasteiger partial charge in [0.05, 0.1) is 4.88 Å². The molecule has 4 aromatic rings. The van der Waals surface area contributed by atoms with E-state index in [1.54, 1.807) is 23.3 Å². The Kier molecular flexibility index (Phi) is 9.29. The van der Waals surface area contributed by atoms with Crippen molar-refractivity contribution in [2.24, 2.45) is 0 Å². The van der Waals surface area contributed by atoms with E-state index in [4.69, 9.17) is 17.2 Å². The fourth-order valence-electron chi connectivity index (χ4n) is 3.54. The van der Waals surface area contributed by atoms with Gasteiger partial charge in [-0.1, -0.05) is 36.4 Å². The number of nitrogens with one attached hydrogen (secondary N) is 4. The van der Waals surface area contributed by atoms with E-state index in [1.807, 2.05) is 80.7 Å². The average molecular weight is 548 g/mol. The molecule has 1 aromatic heterocycles. The smallest absolute Gasteiger partial charge is 0.221 e. The molecule has 4 rings (SSSR count). The number of benzene rings is 3. The lowest BCUT2D eigenvalue weighted by molar-refractivity contribution is -0.114. The van der Waals surface area contributed by atoms with Crippen LogP contribution in [0.4, 0.5) is 11.4 Å². The Balaban J connectivity index is 1.51. The Labute approximate surface area is 231 Å². The highest BCUT2D eigenvalue weighted by Gasteiger charge is 2.13. The number of nitrogens with zero attached hydrogens (tertiary/aromatic N) is 1. The van der Waals surface area contributed by atoms with Crippen LogP contribution in [0.25, 0.3) is 21.0 Å². The van der Waals surface area contributed by atoms with Gasteiger partial charge in [-0.2, -0.15) is 0 Å². The van der Waals surface area contributed by atoms with Crippen LogP contribution in [0.5, 0.6) is 0 Å². The molecule has 0 fully saturated rings. The standard InChI is InChI=1S/C28H29N5OS3/c1-18(2)31-28(35)33-22-11-9-21(10-12-22)27-29-17-26(36-27)24-14-13-23(32-19(3)34)15-25(24)37-30-16-20-7-5-4-6-8-20/h4-15,17-18,30H,16H2,1-3H3,(H,32,34)(H2,31,33,35). The fraction of sp³-hybridized carbons (Fsp3) is 0.179. The largest absolute Gasteiger partial charge is 0.360 e. The summed E-state index contributed by atoms with van der Waals surface area (Å²) < 4.78 is 3.45. The number of thiocarbonyl (C=S) groups is 1. The number of rotatable bonds is 9. The predicted molar refractivity (Wildman–Crippen MR) is 161 cm³/mol. The van der Waals surface area contributed by atoms with Crippen LogP contribution < -0.4 is 20.7 Å². The second kappa shape index (κ2) is 12.8. The highest BCUT2D eigenvalue weighted by molar-refractivity contribution is 7.97. The number of anilines is 2. The van der Waals surface area contributed by atoms with Crippen LogP contribution >= 0.6 is 35.5 Å². The third-order valence-corrected chi connectivity index (χ3v) is 7.33. The van der Waals surface area contributed by atoms with Gasteiger partial charge in [-0.15, -0.1) is 11.3 Å². The summed E-state index contributed by atoms with van der Waals surface area (Å²) in [6, 6.07) is 24.6. The van der Waals surface area contributed by atoms with Gasteiger partial charge in [-0.05, 0) is 80.0 Å². The van der Waals surface area contributed by atoms with Gasteiger partial charge >= 0.3 is 0 Å². The Morgan fingerprint density at radius 1 is 1.00 bits per heavy atom. The zero-order chi connectivity index (χ0) is 26.2. The van der Waals surface area contributed by atoms with Crippen molar-refractivity contribution in [2.45, 2.75) is 38.3 Å². The predicted octanol–water partition coefficient (Wildman–Crippen LogP) is 6.93. The molecular formula is C28H29N5OS3. The molecule has 0 saturated heterocycles. The lowest BCUT2D eigenvalue weighted by atomic mass is 10.2. The quantitative estimate of drug-likeness (QED) is 0.134. The zero-order valence-corrected chi connectivity index (χ0v) is 23.3. The van der Waals surface area contributed by atoms with Crippen molar-refractivity contribution in [3.05, 3.63) is 84.6 Å². The summed E-state index contributed by atoms with van der Waals surface area (Å²) in [6.45, 7) is 6.33. The third kappa shape index (κ3) is 7.87. The molecule has 3 aromatic carbocycles. The van der Waals surface area contributed by atoms with E-state index >= 15 is 0 Å². The molecule has 0 aliphatic rings. The van der Waals surface area contributed by atoms with Gasteiger partial charge in [0.2, 0.25) is 5.91 Å². The maximum absolute atomic E-state index is 11.6. The lowest BCUT2D eigenvalue weighted by Crippen LogP contribution is -2.33. The molecule has 0 spiro atoms. The van der Waals surface area contributed by atoms with E-state index in [9.17, 15) is 4.79 Å². The number of hydrogen-bond donors (Lipinski definition) is 4. The molecular weight excluding hydrogens is 519 g/mol. The summed E-state index contributed by atoms with van der Waals surface area (Å²) in [5.41, 5.74) is 4.99. The first-order valence-corrected chi connectivity index (χ1v) is 13.9. The first-order valence-electron chi connectivity index (χ1n) is 11.9. The molecule has 4 N–H and O–H groups in total. The maximum Gasteiger partial charge on any atom is 0.221 e. The van der Waals surface area contributed by atoms with E-state index in [2.05, 4.69) is 32.8 Å². The van der Waals surface area contributed by atoms with E-state index in [-0.39, 0.29) is 11.9 Å². The van der Waals surface area contributed by atoms with Gasteiger partial charge in [-0.3, -0.25) is 9.52 Å². The molecule has 6 nitrogen and oxygen atoms in total. The van der Waals surface area contributed by atoms with Crippen LogP contribution in [0.1, 0.15) is 26.3 Å². The number of carbonyl (C=O) groups is 1. The van der Waals surface area contributed by atoms with Crippen LogP contribution in [0.2, 0.25) is 0 Å². The molecule has 0 radical (unpaired) electrons. The van der Waals surface area contributed by atoms with Gasteiger partial charge in [0.15, 0.2) is 5.11 Å². The van der Waals surface area contributed by atoms with E-state index < -0.39 is 0 Å². The molecule has 0 atom stereocenters. The summed E-state index contributed by atoms with van der Waals surface area (Å²) in [6.07, 6.45) is 1.91. The topological polar surface area (TPSA) is 78.1 Å². The van der Waals surface area contributed by atoms with Crippen molar-refractivity contribution in [3.8, 4) is 21.0 Å². The van der Waals surface area contributed by atoms with E-state index in [1.165, 1.54) is 12.5 Å². The molecule has 1 amide bonds. The average Bonchev–Trinajstić information content (AvgIpc) is 3.34. The summed E-state index contributed by atoms with van der Waals surface area (Å²) in [5.74, 6) is -0.0975. The lowest BCUT2D eigenvalue weighted by Gasteiger charge is -2.13. The molecule has 0 saturated carbocycles. The molecule has 190 valence electrons. The van der Waals surface area contributed by atoms with Crippen LogP contribution in [-0.2, 0) is 11.3 Å². The number of aromatic nitrogens is 1. The van der Waals surface area contributed by atoms with Crippen LogP contribution in [0, 0.1) is 0 Å². The van der Waals surface area contributed by atoms with Gasteiger partial charge in [0.25, 0.3) is 0 Å². The Hall–Kier alpha value is -3.24. The summed E-state index contributed by atoms with van der Waals surface area (Å²) in [7, 11) is 0. The molecule has 0 unspecified atom stereocenters. The Morgan fingerprint density at radius 3 is 2.43 bits per heavy atom. The first kappa shape index (κ1) is 26.8. The van der Waals surface area contributed by atoms with Crippen molar-refractivity contribution >= 4 is 57.9 Å². The van der Waals surface area contributed by atoms with Crippen LogP contribution in [-0.4, -0.2) is 22.0 Å². The minimum Gasteiger partial charge on any atom is -0.360 e. The number of carbonyl (C=O) groups excluding carboxylic acids is 1.